The zero-order chi connectivity index (χ0) is 17.8. The fourth-order valence-corrected chi connectivity index (χ4v) is 3.33. The van der Waals surface area contributed by atoms with Crippen molar-refractivity contribution >= 4 is 17.5 Å². The van der Waals surface area contributed by atoms with Crippen LogP contribution in [0.2, 0.25) is 5.02 Å². The molecule has 2 atom stereocenters. The molecule has 3 rings (SSSR count). The highest BCUT2D eigenvalue weighted by Crippen LogP contribution is 2.25. The van der Waals surface area contributed by atoms with E-state index in [0.29, 0.717) is 10.8 Å². The minimum Gasteiger partial charge on any atom is -0.481 e. The molecule has 1 aliphatic rings. The summed E-state index contributed by atoms with van der Waals surface area (Å²) in [6.07, 6.45) is 4.27. The maximum Gasteiger partial charge on any atom is 0.261 e. The van der Waals surface area contributed by atoms with Gasteiger partial charge in [-0.25, -0.2) is 0 Å². The maximum atomic E-state index is 12.4. The fraction of sp³-hybridized carbons (Fsp3) is 0.381. The van der Waals surface area contributed by atoms with Gasteiger partial charge in [-0.15, -0.1) is 0 Å². The molecule has 0 radical (unpaired) electrons. The zero-order valence-electron chi connectivity index (χ0n) is 14.7. The van der Waals surface area contributed by atoms with Crippen LogP contribution in [0.4, 0.5) is 0 Å². The Morgan fingerprint density at radius 2 is 1.72 bits per heavy atom. The third-order valence-electron chi connectivity index (χ3n) is 4.73. The molecule has 0 spiro atoms. The summed E-state index contributed by atoms with van der Waals surface area (Å²) in [7, 11) is 0. The average Bonchev–Trinajstić information content (AvgIpc) is 2.63. The Bertz CT molecular complexity index is 742. The van der Waals surface area contributed by atoms with Gasteiger partial charge in [-0.3, -0.25) is 4.79 Å². The van der Waals surface area contributed by atoms with Crippen molar-refractivity contribution < 1.29 is 9.53 Å². The van der Waals surface area contributed by atoms with Gasteiger partial charge in [0.1, 0.15) is 5.75 Å². The summed E-state index contributed by atoms with van der Waals surface area (Å²) in [4.78, 5) is 12.4. The molecule has 1 amide bonds. The molecule has 3 nitrogen and oxygen atoms in total. The fourth-order valence-electron chi connectivity index (χ4n) is 3.21. The molecule has 0 saturated carbocycles. The first-order valence-corrected chi connectivity index (χ1v) is 9.25. The van der Waals surface area contributed by atoms with Crippen molar-refractivity contribution in [1.29, 1.82) is 0 Å². The highest BCUT2D eigenvalue weighted by Gasteiger charge is 2.19. The molecule has 2 aromatic carbocycles. The van der Waals surface area contributed by atoms with E-state index in [0.717, 1.165) is 12.0 Å². The van der Waals surface area contributed by atoms with Gasteiger partial charge < -0.3 is 10.1 Å². The molecule has 132 valence electrons. The number of ether oxygens (including phenoxy) is 1. The summed E-state index contributed by atoms with van der Waals surface area (Å²) >= 11 is 5.86. The van der Waals surface area contributed by atoms with Gasteiger partial charge in [-0.05, 0) is 80.5 Å². The lowest BCUT2D eigenvalue weighted by Crippen LogP contribution is -2.37. The monoisotopic (exact) mass is 357 g/mol. The highest BCUT2D eigenvalue weighted by molar-refractivity contribution is 6.30. The summed E-state index contributed by atoms with van der Waals surface area (Å²) in [6, 6.07) is 13.5. The minimum atomic E-state index is -0.568. The predicted octanol–water partition coefficient (Wildman–Crippen LogP) is 4.86. The molecule has 0 heterocycles. The number of halogens is 1. The first-order chi connectivity index (χ1) is 12.0. The molecule has 1 N–H and O–H groups in total. The Morgan fingerprint density at radius 3 is 2.44 bits per heavy atom. The van der Waals surface area contributed by atoms with Crippen LogP contribution in [0, 0.1) is 0 Å². The van der Waals surface area contributed by atoms with Gasteiger partial charge in [0, 0.05) is 5.02 Å². The Hall–Kier alpha value is -2.00. The molecule has 4 heteroatoms. The van der Waals surface area contributed by atoms with Gasteiger partial charge in [0.05, 0.1) is 6.04 Å². The van der Waals surface area contributed by atoms with Crippen molar-refractivity contribution in [2.45, 2.75) is 51.7 Å². The van der Waals surface area contributed by atoms with Gasteiger partial charge in [0.2, 0.25) is 0 Å². The van der Waals surface area contributed by atoms with Gasteiger partial charge in [0.15, 0.2) is 6.10 Å². The van der Waals surface area contributed by atoms with E-state index in [1.54, 1.807) is 31.2 Å². The van der Waals surface area contributed by atoms with Gasteiger partial charge >= 0.3 is 0 Å². The van der Waals surface area contributed by atoms with Gasteiger partial charge in [-0.1, -0.05) is 29.8 Å². The summed E-state index contributed by atoms with van der Waals surface area (Å²) in [5.74, 6) is 0.508. The van der Waals surface area contributed by atoms with Gasteiger partial charge in [0.25, 0.3) is 5.91 Å². The second-order valence-corrected chi connectivity index (χ2v) is 7.12. The SMILES string of the molecule is C[C@@H](Oc1ccc(Cl)cc1)C(=O)N[C@H](C)c1ccc2c(c1)CCCC2. The Balaban J connectivity index is 1.60. The van der Waals surface area contributed by atoms with E-state index in [9.17, 15) is 4.79 Å². The predicted molar refractivity (Wildman–Crippen MR) is 101 cm³/mol. The molecule has 0 aromatic heterocycles. The number of amides is 1. The average molecular weight is 358 g/mol. The zero-order valence-corrected chi connectivity index (χ0v) is 15.5. The van der Waals surface area contributed by atoms with E-state index < -0.39 is 6.10 Å². The number of rotatable bonds is 5. The minimum absolute atomic E-state index is 0.0454. The van der Waals surface area contributed by atoms with Crippen LogP contribution in [-0.4, -0.2) is 12.0 Å². The summed E-state index contributed by atoms with van der Waals surface area (Å²) in [5, 5.41) is 3.69. The van der Waals surface area contributed by atoms with Crippen molar-refractivity contribution in [2.75, 3.05) is 0 Å². The molecular weight excluding hydrogens is 334 g/mol. The second-order valence-electron chi connectivity index (χ2n) is 6.68. The van der Waals surface area contributed by atoms with Crippen LogP contribution < -0.4 is 10.1 Å². The van der Waals surface area contributed by atoms with Crippen LogP contribution in [0.5, 0.6) is 5.75 Å². The normalized spacial score (nSPS) is 15.8. The Morgan fingerprint density at radius 1 is 1.04 bits per heavy atom. The van der Waals surface area contributed by atoms with E-state index in [1.807, 2.05) is 6.92 Å². The number of carbonyl (C=O) groups is 1. The van der Waals surface area contributed by atoms with Gasteiger partial charge in [-0.2, -0.15) is 0 Å². The summed E-state index contributed by atoms with van der Waals surface area (Å²) in [5.41, 5.74) is 4.02. The van der Waals surface area contributed by atoms with Crippen LogP contribution in [0.1, 0.15) is 49.4 Å². The van der Waals surface area contributed by atoms with Crippen LogP contribution in [0.3, 0.4) is 0 Å². The first-order valence-electron chi connectivity index (χ1n) is 8.87. The smallest absolute Gasteiger partial charge is 0.261 e. The maximum absolute atomic E-state index is 12.4. The van der Waals surface area contributed by atoms with E-state index in [2.05, 4.69) is 23.5 Å². The molecule has 25 heavy (non-hydrogen) atoms. The molecule has 0 fully saturated rings. The van der Waals surface area contributed by atoms with E-state index in [4.69, 9.17) is 16.3 Å². The number of carbonyl (C=O) groups excluding carboxylic acids is 1. The van der Waals surface area contributed by atoms with Crippen LogP contribution in [0.15, 0.2) is 42.5 Å². The molecular formula is C21H24ClNO2. The molecule has 2 aromatic rings. The summed E-state index contributed by atoms with van der Waals surface area (Å²) < 4.78 is 5.69. The van der Waals surface area contributed by atoms with Crippen LogP contribution >= 0.6 is 11.6 Å². The first kappa shape index (κ1) is 17.8. The van der Waals surface area contributed by atoms with Crippen molar-refractivity contribution in [3.63, 3.8) is 0 Å². The lowest BCUT2D eigenvalue weighted by atomic mass is 9.89. The van der Waals surface area contributed by atoms with E-state index in [-0.39, 0.29) is 11.9 Å². The Labute approximate surface area is 154 Å². The van der Waals surface area contributed by atoms with Crippen molar-refractivity contribution in [1.82, 2.24) is 5.32 Å². The van der Waals surface area contributed by atoms with E-state index in [1.165, 1.54) is 30.4 Å². The topological polar surface area (TPSA) is 38.3 Å². The molecule has 0 unspecified atom stereocenters. The van der Waals surface area contributed by atoms with Crippen molar-refractivity contribution in [2.24, 2.45) is 0 Å². The highest BCUT2D eigenvalue weighted by atomic mass is 35.5. The molecule has 0 bridgehead atoms. The third-order valence-corrected chi connectivity index (χ3v) is 4.98. The van der Waals surface area contributed by atoms with Crippen LogP contribution in [-0.2, 0) is 17.6 Å². The number of benzene rings is 2. The van der Waals surface area contributed by atoms with Crippen molar-refractivity contribution in [3.8, 4) is 5.75 Å². The van der Waals surface area contributed by atoms with Crippen molar-refractivity contribution in [3.05, 3.63) is 64.2 Å². The molecule has 1 aliphatic carbocycles. The number of nitrogens with one attached hydrogen (secondary N) is 1. The van der Waals surface area contributed by atoms with Crippen LogP contribution in [0.25, 0.3) is 0 Å². The quantitative estimate of drug-likeness (QED) is 0.829. The number of hydrogen-bond acceptors (Lipinski definition) is 2. The number of fused-ring (bicyclic) bond motifs is 1. The number of hydrogen-bond donors (Lipinski definition) is 1. The lowest BCUT2D eigenvalue weighted by Gasteiger charge is -2.21. The third kappa shape index (κ3) is 4.55. The second kappa shape index (κ2) is 7.92. The molecule has 0 saturated heterocycles. The Kier molecular flexibility index (Phi) is 5.64. The van der Waals surface area contributed by atoms with E-state index >= 15 is 0 Å². The largest absolute Gasteiger partial charge is 0.481 e. The number of aryl methyl sites for hydroxylation is 2. The standard InChI is InChI=1S/C21H24ClNO2/c1-14(17-8-7-16-5-3-4-6-18(16)13-17)23-21(24)15(2)25-20-11-9-19(22)10-12-20/h7-15H,3-6H2,1-2H3,(H,23,24)/t14-,15-/m1/s1. The lowest BCUT2D eigenvalue weighted by molar-refractivity contribution is -0.127. The summed E-state index contributed by atoms with van der Waals surface area (Å²) in [6.45, 7) is 3.76. The molecule has 0 aliphatic heterocycles.